The molecular formula is C19H31NO. The summed E-state index contributed by atoms with van der Waals surface area (Å²) < 4.78 is 6.25. The summed E-state index contributed by atoms with van der Waals surface area (Å²) in [5, 5.41) is 3.52. The molecule has 3 unspecified atom stereocenters. The Labute approximate surface area is 130 Å². The van der Waals surface area contributed by atoms with Crippen molar-refractivity contribution in [2.24, 2.45) is 5.92 Å². The Bertz CT molecular complexity index is 401. The summed E-state index contributed by atoms with van der Waals surface area (Å²) in [6.45, 7) is 7.78. The molecule has 2 nitrogen and oxygen atoms in total. The predicted octanol–water partition coefficient (Wildman–Crippen LogP) is 5.09. The average Bonchev–Trinajstić information content (AvgIpc) is 2.54. The second kappa shape index (κ2) is 8.43. The van der Waals surface area contributed by atoms with E-state index < -0.39 is 0 Å². The molecule has 1 aromatic rings. The lowest BCUT2D eigenvalue weighted by Gasteiger charge is -2.31. The zero-order chi connectivity index (χ0) is 15.1. The third-order valence-corrected chi connectivity index (χ3v) is 4.73. The second-order valence-corrected chi connectivity index (χ2v) is 6.35. The number of hydrogen-bond donors (Lipinski definition) is 1. The molecular weight excluding hydrogens is 258 g/mol. The monoisotopic (exact) mass is 289 g/mol. The van der Waals surface area contributed by atoms with Crippen molar-refractivity contribution in [3.8, 4) is 5.75 Å². The minimum absolute atomic E-state index is 0.414. The lowest BCUT2D eigenvalue weighted by molar-refractivity contribution is 0.0904. The van der Waals surface area contributed by atoms with Gasteiger partial charge in [0.2, 0.25) is 0 Å². The van der Waals surface area contributed by atoms with Crippen LogP contribution in [0, 0.1) is 5.92 Å². The Morgan fingerprint density at radius 3 is 2.52 bits per heavy atom. The topological polar surface area (TPSA) is 21.3 Å². The van der Waals surface area contributed by atoms with Crippen LogP contribution in [-0.4, -0.2) is 12.6 Å². The van der Waals surface area contributed by atoms with Crippen molar-refractivity contribution in [1.29, 1.82) is 0 Å². The van der Waals surface area contributed by atoms with E-state index in [4.69, 9.17) is 4.74 Å². The maximum absolute atomic E-state index is 6.25. The molecule has 0 aliphatic heterocycles. The van der Waals surface area contributed by atoms with E-state index >= 15 is 0 Å². The summed E-state index contributed by atoms with van der Waals surface area (Å²) in [5.41, 5.74) is 1.34. The molecule has 1 N–H and O–H groups in total. The van der Waals surface area contributed by atoms with E-state index in [1.807, 2.05) is 0 Å². The van der Waals surface area contributed by atoms with Crippen LogP contribution in [0.2, 0.25) is 0 Å². The molecule has 1 aliphatic carbocycles. The first kappa shape index (κ1) is 16.4. The summed E-state index contributed by atoms with van der Waals surface area (Å²) in [4.78, 5) is 0. The SMILES string of the molecule is CCCNC(C)c1ccc(OC2CCCCC2CC)cc1. The van der Waals surface area contributed by atoms with Crippen LogP contribution < -0.4 is 10.1 Å². The molecule has 1 aliphatic rings. The highest BCUT2D eigenvalue weighted by atomic mass is 16.5. The molecule has 2 rings (SSSR count). The van der Waals surface area contributed by atoms with Crippen LogP contribution in [0.3, 0.4) is 0 Å². The minimum Gasteiger partial charge on any atom is -0.490 e. The van der Waals surface area contributed by atoms with Crippen molar-refractivity contribution in [1.82, 2.24) is 5.32 Å². The fourth-order valence-electron chi connectivity index (χ4n) is 3.28. The average molecular weight is 289 g/mol. The number of rotatable bonds is 7. The van der Waals surface area contributed by atoms with E-state index in [-0.39, 0.29) is 0 Å². The Kier molecular flexibility index (Phi) is 6.56. The molecule has 0 heterocycles. The van der Waals surface area contributed by atoms with Gasteiger partial charge in [0.25, 0.3) is 0 Å². The van der Waals surface area contributed by atoms with Gasteiger partial charge in [-0.25, -0.2) is 0 Å². The zero-order valence-electron chi connectivity index (χ0n) is 13.9. The molecule has 1 saturated carbocycles. The third-order valence-electron chi connectivity index (χ3n) is 4.73. The van der Waals surface area contributed by atoms with Crippen LogP contribution >= 0.6 is 0 Å². The summed E-state index contributed by atoms with van der Waals surface area (Å²) in [5.74, 6) is 1.77. The van der Waals surface area contributed by atoms with Gasteiger partial charge < -0.3 is 10.1 Å². The van der Waals surface area contributed by atoms with E-state index in [0.29, 0.717) is 12.1 Å². The van der Waals surface area contributed by atoms with Gasteiger partial charge in [-0.05, 0) is 69.2 Å². The lowest BCUT2D eigenvalue weighted by Crippen LogP contribution is -2.29. The van der Waals surface area contributed by atoms with Crippen molar-refractivity contribution in [2.45, 2.75) is 71.4 Å². The molecule has 21 heavy (non-hydrogen) atoms. The van der Waals surface area contributed by atoms with Crippen molar-refractivity contribution in [3.63, 3.8) is 0 Å². The fourth-order valence-corrected chi connectivity index (χ4v) is 3.28. The van der Waals surface area contributed by atoms with Gasteiger partial charge in [-0.2, -0.15) is 0 Å². The largest absolute Gasteiger partial charge is 0.490 e. The van der Waals surface area contributed by atoms with E-state index in [1.54, 1.807) is 0 Å². The highest BCUT2D eigenvalue weighted by Crippen LogP contribution is 2.30. The normalized spacial score (nSPS) is 23.8. The van der Waals surface area contributed by atoms with E-state index in [0.717, 1.165) is 18.2 Å². The maximum Gasteiger partial charge on any atom is 0.119 e. The highest BCUT2D eigenvalue weighted by molar-refractivity contribution is 5.29. The quantitative estimate of drug-likeness (QED) is 0.754. The summed E-state index contributed by atoms with van der Waals surface area (Å²) in [6, 6.07) is 9.09. The molecule has 1 fully saturated rings. The van der Waals surface area contributed by atoms with Crippen LogP contribution in [0.4, 0.5) is 0 Å². The van der Waals surface area contributed by atoms with Crippen LogP contribution in [-0.2, 0) is 0 Å². The summed E-state index contributed by atoms with van der Waals surface area (Å²) in [6.07, 6.45) is 8.07. The molecule has 0 aromatic heterocycles. The van der Waals surface area contributed by atoms with Gasteiger partial charge in [0.05, 0.1) is 0 Å². The van der Waals surface area contributed by atoms with Gasteiger partial charge in [-0.15, -0.1) is 0 Å². The standard InChI is InChI=1S/C19H31NO/c1-4-14-20-15(3)17-10-12-18(13-11-17)21-19-9-7-6-8-16(19)5-2/h10-13,15-16,19-20H,4-9,14H2,1-3H3. The van der Waals surface area contributed by atoms with Gasteiger partial charge in [-0.1, -0.05) is 32.4 Å². The molecule has 0 saturated heterocycles. The Balaban J connectivity index is 1.92. The molecule has 118 valence electrons. The first-order chi connectivity index (χ1) is 10.2. The number of nitrogens with one attached hydrogen (secondary N) is 1. The van der Waals surface area contributed by atoms with Gasteiger partial charge in [-0.3, -0.25) is 0 Å². The fraction of sp³-hybridized carbons (Fsp3) is 0.684. The molecule has 3 atom stereocenters. The van der Waals surface area contributed by atoms with Gasteiger partial charge in [0, 0.05) is 6.04 Å². The summed E-state index contributed by atoms with van der Waals surface area (Å²) in [7, 11) is 0. The third kappa shape index (κ3) is 4.74. The van der Waals surface area contributed by atoms with Crippen molar-refractivity contribution >= 4 is 0 Å². The molecule has 1 aromatic carbocycles. The van der Waals surface area contributed by atoms with Crippen molar-refractivity contribution in [3.05, 3.63) is 29.8 Å². The zero-order valence-corrected chi connectivity index (χ0v) is 13.9. The first-order valence-corrected chi connectivity index (χ1v) is 8.74. The van der Waals surface area contributed by atoms with Crippen molar-refractivity contribution in [2.75, 3.05) is 6.54 Å². The molecule has 0 bridgehead atoms. The molecule has 0 spiro atoms. The smallest absolute Gasteiger partial charge is 0.119 e. The Hall–Kier alpha value is -1.02. The maximum atomic E-state index is 6.25. The molecule has 2 heteroatoms. The Morgan fingerprint density at radius 1 is 1.14 bits per heavy atom. The number of ether oxygens (including phenoxy) is 1. The van der Waals surface area contributed by atoms with E-state index in [9.17, 15) is 0 Å². The van der Waals surface area contributed by atoms with Crippen LogP contribution in [0.25, 0.3) is 0 Å². The number of hydrogen-bond acceptors (Lipinski definition) is 2. The van der Waals surface area contributed by atoms with Gasteiger partial charge in [0.15, 0.2) is 0 Å². The minimum atomic E-state index is 0.414. The molecule has 0 radical (unpaired) electrons. The second-order valence-electron chi connectivity index (χ2n) is 6.35. The van der Waals surface area contributed by atoms with E-state index in [2.05, 4.69) is 50.4 Å². The predicted molar refractivity (Wildman–Crippen MR) is 89.8 cm³/mol. The van der Waals surface area contributed by atoms with Crippen molar-refractivity contribution < 1.29 is 4.74 Å². The first-order valence-electron chi connectivity index (χ1n) is 8.74. The van der Waals surface area contributed by atoms with Crippen LogP contribution in [0.1, 0.15) is 70.9 Å². The Morgan fingerprint density at radius 2 is 1.86 bits per heavy atom. The number of benzene rings is 1. The van der Waals surface area contributed by atoms with Crippen LogP contribution in [0.15, 0.2) is 24.3 Å². The molecule has 0 amide bonds. The lowest BCUT2D eigenvalue weighted by atomic mass is 9.85. The van der Waals surface area contributed by atoms with Gasteiger partial charge >= 0.3 is 0 Å². The summed E-state index contributed by atoms with van der Waals surface area (Å²) >= 11 is 0. The van der Waals surface area contributed by atoms with Gasteiger partial charge in [0.1, 0.15) is 11.9 Å². The highest BCUT2D eigenvalue weighted by Gasteiger charge is 2.25. The van der Waals surface area contributed by atoms with Crippen LogP contribution in [0.5, 0.6) is 5.75 Å². The van der Waals surface area contributed by atoms with E-state index in [1.165, 1.54) is 44.1 Å².